The van der Waals surface area contributed by atoms with Gasteiger partial charge in [0.1, 0.15) is 11.7 Å². The van der Waals surface area contributed by atoms with Crippen LogP contribution in [-0.4, -0.2) is 33.9 Å². The third-order valence-electron chi connectivity index (χ3n) is 1.97. The van der Waals surface area contributed by atoms with E-state index in [9.17, 15) is 14.4 Å². The summed E-state index contributed by atoms with van der Waals surface area (Å²) in [5.41, 5.74) is 4.87. The Morgan fingerprint density at radius 3 is 2.56 bits per heavy atom. The fourth-order valence-electron chi connectivity index (χ4n) is 1.14. The lowest BCUT2D eigenvalue weighted by molar-refractivity contribution is -0.140. The Balaban J connectivity index is 2.75. The van der Waals surface area contributed by atoms with Crippen molar-refractivity contribution in [1.29, 1.82) is 0 Å². The van der Waals surface area contributed by atoms with E-state index >= 15 is 0 Å². The summed E-state index contributed by atoms with van der Waals surface area (Å²) >= 11 is 5.59. The van der Waals surface area contributed by atoms with Crippen LogP contribution in [0.25, 0.3) is 0 Å². The number of halogens is 1. The number of carbonyl (C=O) groups is 3. The highest BCUT2D eigenvalue weighted by Gasteiger charge is 2.23. The number of hydrogen-bond donors (Lipinski definition) is 3. The zero-order valence-corrected chi connectivity index (χ0v) is 9.85. The molecule has 0 bridgehead atoms. The first-order chi connectivity index (χ1) is 8.40. The molecule has 0 fully saturated rings. The molecule has 2 amide bonds. The van der Waals surface area contributed by atoms with Gasteiger partial charge in [-0.1, -0.05) is 11.6 Å². The topological polar surface area (TPSA) is 122 Å². The van der Waals surface area contributed by atoms with E-state index in [1.807, 2.05) is 0 Å². The van der Waals surface area contributed by atoms with Gasteiger partial charge in [-0.2, -0.15) is 0 Å². The smallest absolute Gasteiger partial charge is 0.326 e. The molecule has 96 valence electrons. The molecule has 0 aliphatic rings. The summed E-state index contributed by atoms with van der Waals surface area (Å²) < 4.78 is 0. The molecular weight excluding hydrogens is 262 g/mol. The zero-order valence-electron chi connectivity index (χ0n) is 9.09. The van der Waals surface area contributed by atoms with Crippen molar-refractivity contribution in [1.82, 2.24) is 10.3 Å². The molecular formula is C10H10ClN3O4. The van der Waals surface area contributed by atoms with Crippen LogP contribution < -0.4 is 11.1 Å². The lowest BCUT2D eigenvalue weighted by atomic mass is 10.2. The van der Waals surface area contributed by atoms with E-state index in [2.05, 4.69) is 10.3 Å². The molecule has 0 saturated heterocycles. The number of primary amides is 1. The van der Waals surface area contributed by atoms with Gasteiger partial charge in [-0.15, -0.1) is 0 Å². The minimum Gasteiger partial charge on any atom is -0.480 e. The molecule has 7 nitrogen and oxygen atoms in total. The van der Waals surface area contributed by atoms with Crippen molar-refractivity contribution in [2.45, 2.75) is 12.5 Å². The quantitative estimate of drug-likeness (QED) is 0.684. The van der Waals surface area contributed by atoms with Crippen molar-refractivity contribution in [3.05, 3.63) is 29.0 Å². The second-order valence-corrected chi connectivity index (χ2v) is 3.83. The van der Waals surface area contributed by atoms with Crippen LogP contribution in [0.1, 0.15) is 16.9 Å². The Kier molecular flexibility index (Phi) is 4.61. The number of hydrogen-bond acceptors (Lipinski definition) is 4. The molecule has 18 heavy (non-hydrogen) atoms. The highest BCUT2D eigenvalue weighted by atomic mass is 35.5. The van der Waals surface area contributed by atoms with E-state index in [0.29, 0.717) is 5.02 Å². The molecule has 8 heteroatoms. The van der Waals surface area contributed by atoms with Gasteiger partial charge in [0.05, 0.1) is 11.4 Å². The average Bonchev–Trinajstić information content (AvgIpc) is 2.28. The molecule has 0 aliphatic carbocycles. The van der Waals surface area contributed by atoms with Crippen molar-refractivity contribution >= 4 is 29.4 Å². The number of carbonyl (C=O) groups excluding carboxylic acids is 2. The zero-order chi connectivity index (χ0) is 13.7. The van der Waals surface area contributed by atoms with Gasteiger partial charge in [0, 0.05) is 6.20 Å². The average molecular weight is 272 g/mol. The number of nitrogens with zero attached hydrogens (tertiary/aromatic N) is 1. The van der Waals surface area contributed by atoms with Gasteiger partial charge in [0.2, 0.25) is 5.91 Å². The lowest BCUT2D eigenvalue weighted by Gasteiger charge is -2.12. The first kappa shape index (κ1) is 13.9. The summed E-state index contributed by atoms with van der Waals surface area (Å²) in [5.74, 6) is -2.90. The molecule has 0 aliphatic heterocycles. The maximum atomic E-state index is 11.6. The van der Waals surface area contributed by atoms with Crippen LogP contribution in [0.15, 0.2) is 18.3 Å². The SMILES string of the molecule is NC(=O)C[C@H](NC(=O)c1ccc(Cl)cn1)C(=O)O. The fourth-order valence-corrected chi connectivity index (χ4v) is 1.26. The number of carboxylic acids is 1. The first-order valence-corrected chi connectivity index (χ1v) is 5.21. The summed E-state index contributed by atoms with van der Waals surface area (Å²) in [5, 5.41) is 11.3. The van der Waals surface area contributed by atoms with E-state index < -0.39 is 30.2 Å². The van der Waals surface area contributed by atoms with Crippen LogP contribution in [0.2, 0.25) is 5.02 Å². The number of carboxylic acid groups (broad SMARTS) is 1. The van der Waals surface area contributed by atoms with Crippen LogP contribution in [0, 0.1) is 0 Å². The van der Waals surface area contributed by atoms with Gasteiger partial charge in [-0.25, -0.2) is 9.78 Å². The van der Waals surface area contributed by atoms with Crippen LogP contribution >= 0.6 is 11.6 Å². The Morgan fingerprint density at radius 1 is 1.44 bits per heavy atom. The van der Waals surface area contributed by atoms with Crippen molar-refractivity contribution in [2.75, 3.05) is 0 Å². The number of rotatable bonds is 5. The minimum atomic E-state index is -1.38. The lowest BCUT2D eigenvalue weighted by Crippen LogP contribution is -2.43. The van der Waals surface area contributed by atoms with Gasteiger partial charge < -0.3 is 16.2 Å². The summed E-state index contributed by atoms with van der Waals surface area (Å²) in [6.45, 7) is 0. The Bertz CT molecular complexity index is 475. The van der Waals surface area contributed by atoms with E-state index in [0.717, 1.165) is 0 Å². The normalized spacial score (nSPS) is 11.6. The van der Waals surface area contributed by atoms with E-state index in [1.165, 1.54) is 18.3 Å². The molecule has 0 spiro atoms. The maximum Gasteiger partial charge on any atom is 0.326 e. The third kappa shape index (κ3) is 4.02. The predicted octanol–water partition coefficient (Wildman–Crippen LogP) is -0.207. The monoisotopic (exact) mass is 271 g/mol. The Hall–Kier alpha value is -2.15. The van der Waals surface area contributed by atoms with Crippen molar-refractivity contribution < 1.29 is 19.5 Å². The molecule has 1 rings (SSSR count). The standard InChI is InChI=1S/C10H10ClN3O4/c11-5-1-2-6(13-4-5)9(16)14-7(10(17)18)3-8(12)15/h1-2,4,7H,3H2,(H2,12,15)(H,14,16)(H,17,18)/t7-/m0/s1. The number of aliphatic carboxylic acids is 1. The number of nitrogens with two attached hydrogens (primary N) is 1. The summed E-state index contributed by atoms with van der Waals surface area (Å²) in [6.07, 6.45) is 0.759. The third-order valence-corrected chi connectivity index (χ3v) is 2.19. The van der Waals surface area contributed by atoms with Gasteiger partial charge in [0.25, 0.3) is 5.91 Å². The molecule has 0 aromatic carbocycles. The van der Waals surface area contributed by atoms with Crippen molar-refractivity contribution in [2.24, 2.45) is 5.73 Å². The Morgan fingerprint density at radius 2 is 2.11 bits per heavy atom. The van der Waals surface area contributed by atoms with E-state index in [4.69, 9.17) is 22.4 Å². The second kappa shape index (κ2) is 5.97. The number of pyridine rings is 1. The number of amides is 2. The summed E-state index contributed by atoms with van der Waals surface area (Å²) in [4.78, 5) is 36.8. The largest absolute Gasteiger partial charge is 0.480 e. The van der Waals surface area contributed by atoms with Crippen LogP contribution in [0.4, 0.5) is 0 Å². The number of nitrogens with one attached hydrogen (secondary N) is 1. The molecule has 0 unspecified atom stereocenters. The van der Waals surface area contributed by atoms with Gasteiger partial charge in [-0.3, -0.25) is 9.59 Å². The molecule has 1 atom stereocenters. The molecule has 1 aromatic rings. The highest BCUT2D eigenvalue weighted by molar-refractivity contribution is 6.30. The van der Waals surface area contributed by atoms with Gasteiger partial charge >= 0.3 is 5.97 Å². The molecule has 0 saturated carbocycles. The Labute approximate surface area is 107 Å². The summed E-state index contributed by atoms with van der Waals surface area (Å²) in [6, 6.07) is 1.39. The maximum absolute atomic E-state index is 11.6. The predicted molar refractivity (Wildman–Crippen MR) is 61.9 cm³/mol. The van der Waals surface area contributed by atoms with E-state index in [-0.39, 0.29) is 5.69 Å². The fraction of sp³-hybridized carbons (Fsp3) is 0.200. The van der Waals surface area contributed by atoms with E-state index in [1.54, 1.807) is 0 Å². The number of aromatic nitrogens is 1. The molecule has 1 aromatic heterocycles. The van der Waals surface area contributed by atoms with Gasteiger partial charge in [-0.05, 0) is 12.1 Å². The van der Waals surface area contributed by atoms with Crippen molar-refractivity contribution in [3.8, 4) is 0 Å². The highest BCUT2D eigenvalue weighted by Crippen LogP contribution is 2.06. The molecule has 4 N–H and O–H groups in total. The van der Waals surface area contributed by atoms with Crippen molar-refractivity contribution in [3.63, 3.8) is 0 Å². The summed E-state index contributed by atoms with van der Waals surface area (Å²) in [7, 11) is 0. The van der Waals surface area contributed by atoms with Crippen LogP contribution in [0.3, 0.4) is 0 Å². The molecule has 1 heterocycles. The second-order valence-electron chi connectivity index (χ2n) is 3.40. The minimum absolute atomic E-state index is 0.00452. The van der Waals surface area contributed by atoms with Crippen LogP contribution in [0.5, 0.6) is 0 Å². The molecule has 0 radical (unpaired) electrons. The van der Waals surface area contributed by atoms with Crippen LogP contribution in [-0.2, 0) is 9.59 Å². The van der Waals surface area contributed by atoms with Gasteiger partial charge in [0.15, 0.2) is 0 Å². The first-order valence-electron chi connectivity index (χ1n) is 4.83.